The molecule has 8 nitrogen and oxygen atoms in total. The number of benzene rings is 2. The SMILES string of the molecule is CC1=CC[C@H]2C(=O)N(N(Cc3ccccc3[N+](=O)[O-])C(=O)c3ccc(Cl)cc3)C(=O)[C@H]2C1. The first-order valence-electron chi connectivity index (χ1n) is 10.1. The Bertz CT molecular complexity index is 1140. The third kappa shape index (κ3) is 3.89. The van der Waals surface area contributed by atoms with Crippen LogP contribution in [0.2, 0.25) is 5.02 Å². The maximum atomic E-state index is 13.4. The van der Waals surface area contributed by atoms with E-state index in [1.54, 1.807) is 6.07 Å². The molecular weight excluding hydrogens is 434 g/mol. The quantitative estimate of drug-likeness (QED) is 0.293. The number of carbonyl (C=O) groups excluding carboxylic acids is 3. The van der Waals surface area contributed by atoms with Crippen LogP contribution in [0.4, 0.5) is 5.69 Å². The average molecular weight is 454 g/mol. The third-order valence-electron chi connectivity index (χ3n) is 5.88. The second-order valence-corrected chi connectivity index (χ2v) is 8.38. The molecule has 1 saturated heterocycles. The van der Waals surface area contributed by atoms with Crippen molar-refractivity contribution in [1.82, 2.24) is 10.0 Å². The number of hydrogen-bond donors (Lipinski definition) is 0. The van der Waals surface area contributed by atoms with Crippen LogP contribution in [0.3, 0.4) is 0 Å². The van der Waals surface area contributed by atoms with Crippen molar-refractivity contribution >= 4 is 35.0 Å². The van der Waals surface area contributed by atoms with E-state index in [1.165, 1.54) is 42.5 Å². The first-order chi connectivity index (χ1) is 15.3. The molecule has 1 aliphatic carbocycles. The highest BCUT2D eigenvalue weighted by molar-refractivity contribution is 6.30. The van der Waals surface area contributed by atoms with Crippen molar-refractivity contribution < 1.29 is 19.3 Å². The van der Waals surface area contributed by atoms with Crippen LogP contribution >= 0.6 is 11.6 Å². The molecule has 2 atom stereocenters. The van der Waals surface area contributed by atoms with Gasteiger partial charge in [-0.05, 0) is 44.0 Å². The van der Waals surface area contributed by atoms with Gasteiger partial charge in [0.2, 0.25) is 0 Å². The highest BCUT2D eigenvalue weighted by atomic mass is 35.5. The van der Waals surface area contributed by atoms with Gasteiger partial charge in [0, 0.05) is 16.7 Å². The van der Waals surface area contributed by atoms with Gasteiger partial charge in [-0.3, -0.25) is 24.5 Å². The molecular formula is C23H20ClN3O5. The molecule has 2 aromatic carbocycles. The van der Waals surface area contributed by atoms with Gasteiger partial charge in [0.05, 0.1) is 28.9 Å². The smallest absolute Gasteiger partial charge is 0.272 e. The Labute approximate surface area is 189 Å². The first kappa shape index (κ1) is 21.7. The molecule has 0 saturated carbocycles. The van der Waals surface area contributed by atoms with Crippen molar-refractivity contribution in [3.8, 4) is 0 Å². The zero-order chi connectivity index (χ0) is 23.0. The number of amides is 3. The molecule has 0 bridgehead atoms. The van der Waals surface area contributed by atoms with Crippen LogP contribution in [-0.4, -0.2) is 32.7 Å². The normalized spacial score (nSPS) is 20.1. The van der Waals surface area contributed by atoms with E-state index in [1.807, 2.05) is 13.0 Å². The molecule has 0 radical (unpaired) electrons. The van der Waals surface area contributed by atoms with Crippen LogP contribution in [0, 0.1) is 22.0 Å². The fourth-order valence-electron chi connectivity index (χ4n) is 4.22. The predicted octanol–water partition coefficient (Wildman–Crippen LogP) is 4.15. The summed E-state index contributed by atoms with van der Waals surface area (Å²) in [5, 5.41) is 13.8. The molecule has 2 aromatic rings. The van der Waals surface area contributed by atoms with Crippen LogP contribution in [0.5, 0.6) is 0 Å². The minimum atomic E-state index is -0.621. The number of carbonyl (C=O) groups is 3. The Morgan fingerprint density at radius 2 is 1.78 bits per heavy atom. The van der Waals surface area contributed by atoms with E-state index in [2.05, 4.69) is 0 Å². The summed E-state index contributed by atoms with van der Waals surface area (Å²) in [5.74, 6) is -2.64. The van der Waals surface area contributed by atoms with E-state index in [0.717, 1.165) is 15.6 Å². The number of para-hydroxylation sites is 1. The Hall–Kier alpha value is -3.52. The van der Waals surface area contributed by atoms with Gasteiger partial charge in [-0.2, -0.15) is 5.01 Å². The molecule has 0 unspecified atom stereocenters. The van der Waals surface area contributed by atoms with Crippen LogP contribution in [0.25, 0.3) is 0 Å². The van der Waals surface area contributed by atoms with Gasteiger partial charge in [0.1, 0.15) is 0 Å². The highest BCUT2D eigenvalue weighted by Crippen LogP contribution is 2.39. The van der Waals surface area contributed by atoms with Gasteiger partial charge in [0.25, 0.3) is 23.4 Å². The summed E-state index contributed by atoms with van der Waals surface area (Å²) in [6, 6.07) is 12.0. The number of hydrazine groups is 1. The topological polar surface area (TPSA) is 101 Å². The van der Waals surface area contributed by atoms with Gasteiger partial charge in [0.15, 0.2) is 0 Å². The number of rotatable bonds is 5. The fraction of sp³-hybridized carbons (Fsp3) is 0.261. The number of halogens is 1. The minimum Gasteiger partial charge on any atom is -0.272 e. The Kier molecular flexibility index (Phi) is 5.80. The van der Waals surface area contributed by atoms with Gasteiger partial charge >= 0.3 is 0 Å². The van der Waals surface area contributed by atoms with Crippen LogP contribution < -0.4 is 0 Å². The minimum absolute atomic E-state index is 0.199. The molecule has 1 fully saturated rings. The van der Waals surface area contributed by atoms with Crippen molar-refractivity contribution in [2.45, 2.75) is 26.3 Å². The van der Waals surface area contributed by atoms with E-state index < -0.39 is 34.5 Å². The monoisotopic (exact) mass is 453 g/mol. The predicted molar refractivity (Wildman–Crippen MR) is 116 cm³/mol. The summed E-state index contributed by atoms with van der Waals surface area (Å²) >= 11 is 5.93. The van der Waals surface area contributed by atoms with Crippen molar-refractivity contribution in [2.24, 2.45) is 11.8 Å². The Morgan fingerprint density at radius 1 is 1.12 bits per heavy atom. The van der Waals surface area contributed by atoms with Gasteiger partial charge in [-0.1, -0.05) is 41.4 Å². The largest absolute Gasteiger partial charge is 0.274 e. The molecule has 0 N–H and O–H groups in total. The number of fused-ring (bicyclic) bond motifs is 1. The Morgan fingerprint density at radius 3 is 2.47 bits per heavy atom. The molecule has 4 rings (SSSR count). The number of imide groups is 1. The number of allylic oxidation sites excluding steroid dienone is 2. The summed E-state index contributed by atoms with van der Waals surface area (Å²) in [7, 11) is 0. The van der Waals surface area contributed by atoms with Crippen molar-refractivity contribution in [2.75, 3.05) is 0 Å². The van der Waals surface area contributed by atoms with E-state index >= 15 is 0 Å². The maximum absolute atomic E-state index is 13.4. The van der Waals surface area contributed by atoms with Crippen LogP contribution in [0.1, 0.15) is 35.7 Å². The lowest BCUT2D eigenvalue weighted by Gasteiger charge is -2.30. The molecule has 164 valence electrons. The molecule has 2 aliphatic rings. The lowest BCUT2D eigenvalue weighted by molar-refractivity contribution is -0.385. The standard InChI is InChI=1S/C23H20ClN3O5/c1-14-6-11-18-19(12-14)23(30)26(22(18)29)25(21(28)15-7-9-17(24)10-8-15)13-16-4-2-3-5-20(16)27(31)32/h2-10,18-19H,11-13H2,1H3/t18-,19+/m1/s1. The van der Waals surface area contributed by atoms with Gasteiger partial charge < -0.3 is 0 Å². The van der Waals surface area contributed by atoms with Gasteiger partial charge in [-0.25, -0.2) is 5.01 Å². The molecule has 1 aliphatic heterocycles. The molecule has 0 spiro atoms. The fourth-order valence-corrected chi connectivity index (χ4v) is 4.34. The summed E-state index contributed by atoms with van der Waals surface area (Å²) in [6.07, 6.45) is 2.80. The molecule has 0 aromatic heterocycles. The molecule has 3 amide bonds. The summed E-state index contributed by atoms with van der Waals surface area (Å²) < 4.78 is 0. The number of nitro benzene ring substituents is 1. The van der Waals surface area contributed by atoms with E-state index in [0.29, 0.717) is 17.9 Å². The third-order valence-corrected chi connectivity index (χ3v) is 6.13. The molecule has 9 heteroatoms. The van der Waals surface area contributed by atoms with Crippen LogP contribution in [-0.2, 0) is 16.1 Å². The van der Waals surface area contributed by atoms with Gasteiger partial charge in [-0.15, -0.1) is 0 Å². The number of nitrogens with zero attached hydrogens (tertiary/aromatic N) is 3. The first-order valence-corrected chi connectivity index (χ1v) is 10.5. The summed E-state index contributed by atoms with van der Waals surface area (Å²) in [4.78, 5) is 50.9. The summed E-state index contributed by atoms with van der Waals surface area (Å²) in [5.41, 5.74) is 1.24. The lowest BCUT2D eigenvalue weighted by Crippen LogP contribution is -2.49. The molecule has 32 heavy (non-hydrogen) atoms. The molecule has 1 heterocycles. The average Bonchev–Trinajstić information content (AvgIpc) is 3.01. The highest BCUT2D eigenvalue weighted by Gasteiger charge is 2.51. The second kappa shape index (κ2) is 8.55. The zero-order valence-corrected chi connectivity index (χ0v) is 18.0. The van der Waals surface area contributed by atoms with E-state index in [4.69, 9.17) is 11.6 Å². The van der Waals surface area contributed by atoms with Crippen molar-refractivity contribution in [1.29, 1.82) is 0 Å². The zero-order valence-electron chi connectivity index (χ0n) is 17.2. The maximum Gasteiger partial charge on any atom is 0.274 e. The second-order valence-electron chi connectivity index (χ2n) is 7.95. The number of nitro groups is 1. The number of hydrogen-bond acceptors (Lipinski definition) is 5. The van der Waals surface area contributed by atoms with E-state index in [-0.39, 0.29) is 23.4 Å². The van der Waals surface area contributed by atoms with Crippen molar-refractivity contribution in [3.63, 3.8) is 0 Å². The lowest BCUT2D eigenvalue weighted by atomic mass is 9.82. The van der Waals surface area contributed by atoms with E-state index in [9.17, 15) is 24.5 Å². The van der Waals surface area contributed by atoms with Crippen LogP contribution in [0.15, 0.2) is 60.2 Å². The Balaban J connectivity index is 1.75. The van der Waals surface area contributed by atoms with Crippen molar-refractivity contribution in [3.05, 3.63) is 86.4 Å². The summed E-state index contributed by atoms with van der Waals surface area (Å²) in [6.45, 7) is 1.60.